The van der Waals surface area contributed by atoms with Crippen molar-refractivity contribution in [1.29, 1.82) is 0 Å². The molecule has 1 heterocycles. The Labute approximate surface area is 212 Å². The Morgan fingerprint density at radius 3 is 2.66 bits per heavy atom. The lowest BCUT2D eigenvalue weighted by molar-refractivity contribution is 0.287. The van der Waals surface area contributed by atoms with Crippen molar-refractivity contribution in [3.63, 3.8) is 0 Å². The van der Waals surface area contributed by atoms with Gasteiger partial charge in [-0.1, -0.05) is 37.6 Å². The van der Waals surface area contributed by atoms with E-state index < -0.39 is 10.8 Å². The summed E-state index contributed by atoms with van der Waals surface area (Å²) < 4.78 is 17.7. The maximum Gasteiger partial charge on any atom is 0.191 e. The highest BCUT2D eigenvalue weighted by Gasteiger charge is 2.26. The summed E-state index contributed by atoms with van der Waals surface area (Å²) in [7, 11) is 3.20. The fourth-order valence-corrected chi connectivity index (χ4v) is 5.56. The first-order valence-corrected chi connectivity index (χ1v) is 12.6. The van der Waals surface area contributed by atoms with Crippen molar-refractivity contribution < 1.29 is 8.63 Å². The van der Waals surface area contributed by atoms with Gasteiger partial charge in [0.1, 0.15) is 5.76 Å². The molecule has 0 bridgehead atoms. The van der Waals surface area contributed by atoms with Crippen LogP contribution in [0.25, 0.3) is 0 Å². The van der Waals surface area contributed by atoms with Crippen LogP contribution >= 0.6 is 24.0 Å². The number of nitrogens with zero attached hydrogens (tertiary/aromatic N) is 2. The SMILES string of the molecule is CCS(=O)C1CCCC(NC(=NC)NCc2ccccc2CN(C)Cc2ccco2)C1.I. The zero-order valence-corrected chi connectivity index (χ0v) is 22.5. The Balaban J connectivity index is 0.00000363. The molecule has 0 spiro atoms. The van der Waals surface area contributed by atoms with Crippen molar-refractivity contribution in [2.75, 3.05) is 19.8 Å². The van der Waals surface area contributed by atoms with E-state index >= 15 is 0 Å². The molecule has 3 rings (SSSR count). The summed E-state index contributed by atoms with van der Waals surface area (Å²) in [4.78, 5) is 6.67. The van der Waals surface area contributed by atoms with Gasteiger partial charge < -0.3 is 15.1 Å². The average molecular weight is 573 g/mol. The van der Waals surface area contributed by atoms with Crippen LogP contribution in [0.3, 0.4) is 0 Å². The highest BCUT2D eigenvalue weighted by Crippen LogP contribution is 2.23. The molecule has 1 fully saturated rings. The number of rotatable bonds is 9. The predicted octanol–water partition coefficient (Wildman–Crippen LogP) is 4.27. The van der Waals surface area contributed by atoms with E-state index in [2.05, 4.69) is 51.8 Å². The lowest BCUT2D eigenvalue weighted by atomic mass is 9.95. The van der Waals surface area contributed by atoms with E-state index in [9.17, 15) is 4.21 Å². The molecule has 178 valence electrons. The average Bonchev–Trinajstić information content (AvgIpc) is 3.30. The highest BCUT2D eigenvalue weighted by atomic mass is 127. The van der Waals surface area contributed by atoms with Gasteiger partial charge in [-0.15, -0.1) is 24.0 Å². The third-order valence-corrected chi connectivity index (χ3v) is 7.60. The third kappa shape index (κ3) is 8.19. The van der Waals surface area contributed by atoms with Gasteiger partial charge in [-0.3, -0.25) is 14.1 Å². The van der Waals surface area contributed by atoms with Gasteiger partial charge >= 0.3 is 0 Å². The Morgan fingerprint density at radius 2 is 1.97 bits per heavy atom. The number of furan rings is 1. The van der Waals surface area contributed by atoms with Crippen molar-refractivity contribution >= 4 is 40.7 Å². The van der Waals surface area contributed by atoms with Gasteiger partial charge in [-0.05, 0) is 49.6 Å². The molecular formula is C24H37IN4O2S. The topological polar surface area (TPSA) is 69.9 Å². The molecule has 8 heteroatoms. The molecule has 0 radical (unpaired) electrons. The van der Waals surface area contributed by atoms with E-state index in [-0.39, 0.29) is 24.0 Å². The molecule has 0 aliphatic heterocycles. The fourth-order valence-electron chi connectivity index (χ4n) is 4.22. The molecule has 1 saturated carbocycles. The molecular weight excluding hydrogens is 535 g/mol. The molecule has 1 aliphatic carbocycles. The van der Waals surface area contributed by atoms with Crippen LogP contribution in [0, 0.1) is 0 Å². The molecule has 2 N–H and O–H groups in total. The fraction of sp³-hybridized carbons (Fsp3) is 0.542. The van der Waals surface area contributed by atoms with Gasteiger partial charge in [0.15, 0.2) is 5.96 Å². The Bertz CT molecular complexity index is 859. The second-order valence-corrected chi connectivity index (χ2v) is 10.3. The molecule has 1 aliphatic rings. The first-order chi connectivity index (χ1) is 15.1. The lowest BCUT2D eigenvalue weighted by Gasteiger charge is -2.30. The monoisotopic (exact) mass is 572 g/mol. The first kappa shape index (κ1) is 26.9. The van der Waals surface area contributed by atoms with Crippen LogP contribution in [-0.2, 0) is 30.4 Å². The summed E-state index contributed by atoms with van der Waals surface area (Å²) in [6, 6.07) is 12.8. The van der Waals surface area contributed by atoms with Crippen LogP contribution in [0.2, 0.25) is 0 Å². The number of guanidine groups is 1. The minimum atomic E-state index is -0.717. The minimum Gasteiger partial charge on any atom is -0.468 e. The normalized spacial score (nSPS) is 19.9. The Morgan fingerprint density at radius 1 is 1.19 bits per heavy atom. The zero-order chi connectivity index (χ0) is 22.1. The molecule has 6 nitrogen and oxygen atoms in total. The van der Waals surface area contributed by atoms with Crippen molar-refractivity contribution in [2.24, 2.45) is 4.99 Å². The Kier molecular flexibility index (Phi) is 11.7. The van der Waals surface area contributed by atoms with Gasteiger partial charge in [-0.2, -0.15) is 0 Å². The van der Waals surface area contributed by atoms with Crippen LogP contribution in [0.4, 0.5) is 0 Å². The number of hydrogen-bond acceptors (Lipinski definition) is 4. The molecule has 0 amide bonds. The summed E-state index contributed by atoms with van der Waals surface area (Å²) >= 11 is 0. The van der Waals surface area contributed by atoms with E-state index in [1.807, 2.05) is 26.1 Å². The molecule has 32 heavy (non-hydrogen) atoms. The molecule has 3 unspecified atom stereocenters. The van der Waals surface area contributed by atoms with Crippen LogP contribution in [0.1, 0.15) is 49.5 Å². The summed E-state index contributed by atoms with van der Waals surface area (Å²) in [5.41, 5.74) is 2.54. The smallest absolute Gasteiger partial charge is 0.191 e. The molecule has 1 aromatic heterocycles. The molecule has 0 saturated heterocycles. The highest BCUT2D eigenvalue weighted by molar-refractivity contribution is 14.0. The lowest BCUT2D eigenvalue weighted by Crippen LogP contribution is -2.46. The van der Waals surface area contributed by atoms with Gasteiger partial charge in [-0.25, -0.2) is 0 Å². The molecule has 3 atom stereocenters. The quantitative estimate of drug-likeness (QED) is 0.267. The van der Waals surface area contributed by atoms with Crippen LogP contribution in [0.15, 0.2) is 52.1 Å². The number of benzene rings is 1. The van der Waals surface area contributed by atoms with E-state index in [0.29, 0.717) is 17.8 Å². The van der Waals surface area contributed by atoms with E-state index in [1.165, 1.54) is 11.1 Å². The summed E-state index contributed by atoms with van der Waals surface area (Å²) in [6.45, 7) is 4.34. The van der Waals surface area contributed by atoms with Crippen molar-refractivity contribution in [3.05, 3.63) is 59.5 Å². The number of nitrogens with one attached hydrogen (secondary N) is 2. The van der Waals surface area contributed by atoms with E-state index in [0.717, 1.165) is 56.2 Å². The maximum atomic E-state index is 12.2. The van der Waals surface area contributed by atoms with Crippen LogP contribution in [0.5, 0.6) is 0 Å². The molecule has 2 aromatic rings. The van der Waals surface area contributed by atoms with Crippen molar-refractivity contribution in [2.45, 2.75) is 63.5 Å². The summed E-state index contributed by atoms with van der Waals surface area (Å²) in [6.07, 6.45) is 5.97. The van der Waals surface area contributed by atoms with E-state index in [1.54, 1.807) is 6.26 Å². The van der Waals surface area contributed by atoms with Gasteiger partial charge in [0, 0.05) is 48.0 Å². The van der Waals surface area contributed by atoms with Crippen LogP contribution < -0.4 is 10.6 Å². The second kappa shape index (κ2) is 14.0. The third-order valence-electron chi connectivity index (χ3n) is 5.86. The maximum absolute atomic E-state index is 12.2. The largest absolute Gasteiger partial charge is 0.468 e. The number of halogens is 1. The Hall–Kier alpha value is -1.39. The van der Waals surface area contributed by atoms with Crippen molar-refractivity contribution in [1.82, 2.24) is 15.5 Å². The van der Waals surface area contributed by atoms with Crippen LogP contribution in [-0.4, -0.2) is 46.2 Å². The summed E-state index contributed by atoms with van der Waals surface area (Å²) in [5, 5.41) is 7.34. The standard InChI is InChI=1S/C24H36N4O2S.HI/c1-4-31(29)23-13-7-11-21(15-23)27-24(25-2)26-16-19-9-5-6-10-20(19)17-28(3)18-22-12-8-14-30-22;/h5-6,8-10,12,14,21,23H,4,7,11,13,15-18H2,1-3H3,(H2,25,26,27);1H. The zero-order valence-electron chi connectivity index (χ0n) is 19.4. The number of hydrogen-bond donors (Lipinski definition) is 2. The number of aliphatic imine (C=N–C) groups is 1. The minimum absolute atomic E-state index is 0. The van der Waals surface area contributed by atoms with E-state index in [4.69, 9.17) is 4.42 Å². The first-order valence-electron chi connectivity index (χ1n) is 11.2. The predicted molar refractivity (Wildman–Crippen MR) is 144 cm³/mol. The van der Waals surface area contributed by atoms with Gasteiger partial charge in [0.05, 0.1) is 12.8 Å². The van der Waals surface area contributed by atoms with Gasteiger partial charge in [0.2, 0.25) is 0 Å². The molecule has 1 aromatic carbocycles. The van der Waals surface area contributed by atoms with Gasteiger partial charge in [0.25, 0.3) is 0 Å². The second-order valence-electron chi connectivity index (χ2n) is 8.25. The van der Waals surface area contributed by atoms with Crippen molar-refractivity contribution in [3.8, 4) is 0 Å². The summed E-state index contributed by atoms with van der Waals surface area (Å²) in [5.74, 6) is 2.53.